The summed E-state index contributed by atoms with van der Waals surface area (Å²) >= 11 is 0. The van der Waals surface area contributed by atoms with Crippen molar-refractivity contribution in [2.24, 2.45) is 0 Å². The second-order valence-corrected chi connectivity index (χ2v) is 4.58. The Morgan fingerprint density at radius 3 is 1.31 bits per heavy atom. The highest BCUT2D eigenvalue weighted by molar-refractivity contribution is 4.50. The van der Waals surface area contributed by atoms with Gasteiger partial charge < -0.3 is 11.5 Å². The van der Waals surface area contributed by atoms with Crippen LogP contribution in [0.1, 0.15) is 78.1 Å². The highest BCUT2D eigenvalue weighted by Gasteiger charge is 1.90. The summed E-state index contributed by atoms with van der Waals surface area (Å²) in [6.07, 6.45) is 13.9. The second-order valence-electron chi connectivity index (χ2n) is 4.58. The summed E-state index contributed by atoms with van der Waals surface area (Å²) < 4.78 is 0. The molecule has 0 aliphatic heterocycles. The maximum absolute atomic E-state index is 3.54. The lowest BCUT2D eigenvalue weighted by molar-refractivity contribution is 0.552. The van der Waals surface area contributed by atoms with Gasteiger partial charge in [0.1, 0.15) is 0 Å². The molecular weight excluding hydrogens is 196 g/mol. The van der Waals surface area contributed by atoms with E-state index in [4.69, 9.17) is 0 Å². The Labute approximate surface area is 103 Å². The lowest BCUT2D eigenvalue weighted by Gasteiger charge is -2.04. The quantitative estimate of drug-likeness (QED) is 0.478. The molecule has 0 bridgehead atoms. The minimum atomic E-state index is 0. The van der Waals surface area contributed by atoms with E-state index in [0.717, 1.165) is 0 Å². The summed E-state index contributed by atoms with van der Waals surface area (Å²) in [5.74, 6) is 0. The van der Waals surface area contributed by atoms with Crippen LogP contribution < -0.4 is 11.5 Å². The molecule has 0 aromatic carbocycles. The number of unbranched alkanes of at least 4 members (excludes halogenated alkanes) is 8. The summed E-state index contributed by atoms with van der Waals surface area (Å²) in [5.41, 5.74) is 0. The van der Waals surface area contributed by atoms with Crippen molar-refractivity contribution in [1.82, 2.24) is 11.5 Å². The van der Waals surface area contributed by atoms with E-state index in [2.05, 4.69) is 19.2 Å². The van der Waals surface area contributed by atoms with E-state index < -0.39 is 0 Å². The monoisotopic (exact) mass is 230 g/mol. The zero-order chi connectivity index (χ0) is 11.2. The third kappa shape index (κ3) is 16.4. The van der Waals surface area contributed by atoms with Gasteiger partial charge in [0.25, 0.3) is 0 Å². The zero-order valence-electron chi connectivity index (χ0n) is 11.7. The van der Waals surface area contributed by atoms with Crippen molar-refractivity contribution in [3.8, 4) is 0 Å². The maximum Gasteiger partial charge on any atom is -0.00489 e. The Kier molecular flexibility index (Phi) is 19.8. The molecule has 4 N–H and O–H groups in total. The predicted octanol–water partition coefficient (Wildman–Crippen LogP) is 4.68. The fraction of sp³-hybridized carbons (Fsp3) is 1.00. The van der Waals surface area contributed by atoms with Crippen LogP contribution in [0.15, 0.2) is 0 Å². The van der Waals surface area contributed by atoms with E-state index in [1.165, 1.54) is 77.3 Å². The lowest BCUT2D eigenvalue weighted by atomic mass is 10.1. The summed E-state index contributed by atoms with van der Waals surface area (Å²) in [4.78, 5) is 0. The van der Waals surface area contributed by atoms with Crippen molar-refractivity contribution in [1.29, 1.82) is 0 Å². The fourth-order valence-electron chi connectivity index (χ4n) is 1.83. The lowest BCUT2D eigenvalue weighted by Crippen LogP contribution is -2.16. The molecule has 0 radical (unpaired) electrons. The van der Waals surface area contributed by atoms with Crippen molar-refractivity contribution >= 4 is 0 Å². The van der Waals surface area contributed by atoms with Gasteiger partial charge in [0.05, 0.1) is 0 Å². The van der Waals surface area contributed by atoms with Gasteiger partial charge in [-0.15, -0.1) is 0 Å². The Bertz CT molecular complexity index is 92.9. The minimum absolute atomic E-state index is 0. The molecule has 0 amide bonds. The van der Waals surface area contributed by atoms with E-state index in [1.54, 1.807) is 0 Å². The van der Waals surface area contributed by atoms with Gasteiger partial charge >= 0.3 is 0 Å². The molecule has 0 aromatic rings. The second kappa shape index (κ2) is 17.3. The number of rotatable bonds is 12. The molecule has 0 aromatic heterocycles. The first-order valence-electron chi connectivity index (χ1n) is 7.12. The third-order valence-electron chi connectivity index (χ3n) is 2.91. The molecule has 0 saturated heterocycles. The highest BCUT2D eigenvalue weighted by atomic mass is 14.8. The summed E-state index contributed by atoms with van der Waals surface area (Å²) in [7, 11) is 0. The summed E-state index contributed by atoms with van der Waals surface area (Å²) in [6.45, 7) is 7.01. The molecular formula is C14H34N2. The van der Waals surface area contributed by atoms with Gasteiger partial charge in [-0.1, -0.05) is 65.2 Å². The Balaban J connectivity index is 0. The fourth-order valence-corrected chi connectivity index (χ4v) is 1.83. The molecule has 0 aliphatic rings. The molecule has 0 unspecified atom stereocenters. The van der Waals surface area contributed by atoms with Gasteiger partial charge in [-0.05, 0) is 25.9 Å². The summed E-state index contributed by atoms with van der Waals surface area (Å²) in [5, 5.41) is 3.54. The Morgan fingerprint density at radius 2 is 0.938 bits per heavy atom. The minimum Gasteiger partial charge on any atom is -0.344 e. The molecule has 2 heteroatoms. The Morgan fingerprint density at radius 1 is 0.562 bits per heavy atom. The first kappa shape index (κ1) is 18.3. The molecule has 0 heterocycles. The topological polar surface area (TPSA) is 47.0 Å². The molecule has 0 fully saturated rings. The van der Waals surface area contributed by atoms with Crippen molar-refractivity contribution in [3.05, 3.63) is 0 Å². The van der Waals surface area contributed by atoms with Gasteiger partial charge in [-0.2, -0.15) is 0 Å². The van der Waals surface area contributed by atoms with Crippen LogP contribution in [-0.2, 0) is 0 Å². The van der Waals surface area contributed by atoms with Crippen LogP contribution in [0.3, 0.4) is 0 Å². The van der Waals surface area contributed by atoms with Crippen LogP contribution in [-0.4, -0.2) is 13.1 Å². The van der Waals surface area contributed by atoms with E-state index in [9.17, 15) is 0 Å². The molecule has 0 atom stereocenters. The summed E-state index contributed by atoms with van der Waals surface area (Å²) in [6, 6.07) is 0. The molecule has 0 rings (SSSR count). The molecule has 0 spiro atoms. The van der Waals surface area contributed by atoms with Crippen molar-refractivity contribution in [3.63, 3.8) is 0 Å². The highest BCUT2D eigenvalue weighted by Crippen LogP contribution is 2.02. The number of hydrogen-bond donors (Lipinski definition) is 2. The average Bonchev–Trinajstić information content (AvgIpc) is 2.26. The molecule has 0 saturated carbocycles. The van der Waals surface area contributed by atoms with Crippen molar-refractivity contribution in [2.75, 3.05) is 13.1 Å². The van der Waals surface area contributed by atoms with Gasteiger partial charge in [0.15, 0.2) is 0 Å². The van der Waals surface area contributed by atoms with Crippen LogP contribution in [0, 0.1) is 0 Å². The predicted molar refractivity (Wildman–Crippen MR) is 75.4 cm³/mol. The van der Waals surface area contributed by atoms with Crippen LogP contribution in [0.4, 0.5) is 0 Å². The molecule has 100 valence electrons. The maximum atomic E-state index is 3.54. The van der Waals surface area contributed by atoms with Gasteiger partial charge in [-0.3, -0.25) is 0 Å². The van der Waals surface area contributed by atoms with Crippen molar-refractivity contribution < 1.29 is 0 Å². The van der Waals surface area contributed by atoms with E-state index in [0.29, 0.717) is 0 Å². The van der Waals surface area contributed by atoms with Gasteiger partial charge in [0, 0.05) is 0 Å². The van der Waals surface area contributed by atoms with Crippen LogP contribution in [0.5, 0.6) is 0 Å². The first-order valence-corrected chi connectivity index (χ1v) is 7.12. The number of nitrogens with one attached hydrogen (secondary N) is 1. The molecule has 0 aliphatic carbocycles. The van der Waals surface area contributed by atoms with Crippen LogP contribution in [0.25, 0.3) is 0 Å². The first-order chi connectivity index (χ1) is 7.41. The Hall–Kier alpha value is -0.0800. The standard InChI is InChI=1S/C14H31N.H3N/c1-3-5-7-9-11-13-15-14-12-10-8-6-4-2;/h15H,3-14H2,1-2H3;1H3. The van der Waals surface area contributed by atoms with Crippen LogP contribution >= 0.6 is 0 Å². The van der Waals surface area contributed by atoms with E-state index in [1.807, 2.05) is 0 Å². The largest absolute Gasteiger partial charge is 0.344 e. The van der Waals surface area contributed by atoms with Crippen molar-refractivity contribution in [2.45, 2.75) is 78.1 Å². The zero-order valence-corrected chi connectivity index (χ0v) is 11.7. The average molecular weight is 230 g/mol. The smallest absolute Gasteiger partial charge is 0.00489 e. The normalized spacial score (nSPS) is 10.1. The van der Waals surface area contributed by atoms with Crippen LogP contribution in [0.2, 0.25) is 0 Å². The SMILES string of the molecule is CCCCCCCNCCCCCCC.N. The van der Waals surface area contributed by atoms with Gasteiger partial charge in [0.2, 0.25) is 0 Å². The van der Waals surface area contributed by atoms with Gasteiger partial charge in [-0.25, -0.2) is 0 Å². The molecule has 16 heavy (non-hydrogen) atoms. The third-order valence-corrected chi connectivity index (χ3v) is 2.91. The number of hydrogen-bond acceptors (Lipinski definition) is 2. The van der Waals surface area contributed by atoms with E-state index >= 15 is 0 Å². The van der Waals surface area contributed by atoms with E-state index in [-0.39, 0.29) is 6.15 Å². The molecule has 2 nitrogen and oxygen atoms in total.